The van der Waals surface area contributed by atoms with Crippen molar-refractivity contribution in [3.05, 3.63) is 23.8 Å². The maximum Gasteiger partial charge on any atom is 0.422 e. The summed E-state index contributed by atoms with van der Waals surface area (Å²) in [6.45, 7) is 4.36. The number of benzene rings is 1. The molecular weight excluding hydrogens is 297 g/mol. The molecule has 22 heavy (non-hydrogen) atoms. The molecule has 1 heterocycles. The molecule has 1 aliphatic heterocycles. The molecular formula is C15H21F3N2O2. The summed E-state index contributed by atoms with van der Waals surface area (Å²) in [4.78, 5) is 2.30. The molecule has 1 aliphatic rings. The topological polar surface area (TPSA) is 33.7 Å². The summed E-state index contributed by atoms with van der Waals surface area (Å²) >= 11 is 0. The molecule has 0 bridgehead atoms. The standard InChI is InChI=1S/C15H21F3N2O2/c1-11-8-20(6-5-19-11)9-12-3-4-13(14(7-12)21-2)22-10-15(16,17)18/h3-4,7,11,19H,5-6,8-10H2,1-2H3. The van der Waals surface area contributed by atoms with E-state index in [2.05, 4.69) is 17.1 Å². The van der Waals surface area contributed by atoms with Crippen LogP contribution in [0.2, 0.25) is 0 Å². The number of hydrogen-bond donors (Lipinski definition) is 1. The van der Waals surface area contributed by atoms with Crippen LogP contribution in [-0.4, -0.2) is 50.5 Å². The molecule has 0 radical (unpaired) electrons. The predicted molar refractivity (Wildman–Crippen MR) is 77.3 cm³/mol. The Morgan fingerprint density at radius 2 is 2.09 bits per heavy atom. The van der Waals surface area contributed by atoms with E-state index >= 15 is 0 Å². The lowest BCUT2D eigenvalue weighted by Crippen LogP contribution is -2.48. The van der Waals surface area contributed by atoms with Crippen molar-refractivity contribution >= 4 is 0 Å². The number of ether oxygens (including phenoxy) is 2. The first-order chi connectivity index (χ1) is 10.4. The first-order valence-electron chi connectivity index (χ1n) is 7.19. The summed E-state index contributed by atoms with van der Waals surface area (Å²) in [6.07, 6.45) is -4.36. The van der Waals surface area contributed by atoms with E-state index in [1.807, 2.05) is 0 Å². The molecule has 0 saturated carbocycles. The Bertz CT molecular complexity index is 494. The number of methoxy groups -OCH3 is 1. The third-order valence-corrected chi connectivity index (χ3v) is 3.48. The van der Waals surface area contributed by atoms with Gasteiger partial charge in [0.25, 0.3) is 0 Å². The number of hydrogen-bond acceptors (Lipinski definition) is 4. The van der Waals surface area contributed by atoms with Gasteiger partial charge in [0, 0.05) is 32.2 Å². The fourth-order valence-electron chi connectivity index (χ4n) is 2.50. The highest BCUT2D eigenvalue weighted by Gasteiger charge is 2.29. The molecule has 0 amide bonds. The van der Waals surface area contributed by atoms with Crippen molar-refractivity contribution in [2.45, 2.75) is 25.7 Å². The van der Waals surface area contributed by atoms with Crippen molar-refractivity contribution < 1.29 is 22.6 Å². The van der Waals surface area contributed by atoms with Crippen LogP contribution in [-0.2, 0) is 6.54 Å². The number of nitrogens with zero attached hydrogens (tertiary/aromatic N) is 1. The van der Waals surface area contributed by atoms with E-state index < -0.39 is 12.8 Å². The third-order valence-electron chi connectivity index (χ3n) is 3.48. The van der Waals surface area contributed by atoms with Crippen LogP contribution in [0.1, 0.15) is 12.5 Å². The van der Waals surface area contributed by atoms with Gasteiger partial charge in [-0.25, -0.2) is 0 Å². The molecule has 4 nitrogen and oxygen atoms in total. The first-order valence-corrected chi connectivity index (χ1v) is 7.19. The molecule has 0 aromatic heterocycles. The number of halogens is 3. The SMILES string of the molecule is COc1cc(CN2CCNC(C)C2)ccc1OCC(F)(F)F. The van der Waals surface area contributed by atoms with Crippen molar-refractivity contribution in [3.8, 4) is 11.5 Å². The number of piperazine rings is 1. The van der Waals surface area contributed by atoms with E-state index in [9.17, 15) is 13.2 Å². The van der Waals surface area contributed by atoms with Crippen LogP contribution in [0.5, 0.6) is 11.5 Å². The van der Waals surface area contributed by atoms with Gasteiger partial charge in [-0.15, -0.1) is 0 Å². The Morgan fingerprint density at radius 3 is 2.73 bits per heavy atom. The second kappa shape index (κ2) is 7.19. The van der Waals surface area contributed by atoms with E-state index in [0.717, 1.165) is 31.7 Å². The molecule has 1 fully saturated rings. The van der Waals surface area contributed by atoms with Crippen LogP contribution < -0.4 is 14.8 Å². The number of nitrogens with one attached hydrogen (secondary N) is 1. The van der Waals surface area contributed by atoms with Gasteiger partial charge >= 0.3 is 6.18 Å². The average molecular weight is 318 g/mol. The van der Waals surface area contributed by atoms with Gasteiger partial charge in [-0.05, 0) is 24.6 Å². The quantitative estimate of drug-likeness (QED) is 0.904. The summed E-state index contributed by atoms with van der Waals surface area (Å²) < 4.78 is 46.6. The van der Waals surface area contributed by atoms with Gasteiger partial charge in [-0.1, -0.05) is 6.07 Å². The second-order valence-electron chi connectivity index (χ2n) is 5.48. The molecule has 1 N–H and O–H groups in total. The minimum atomic E-state index is -4.36. The highest BCUT2D eigenvalue weighted by atomic mass is 19.4. The van der Waals surface area contributed by atoms with Gasteiger partial charge < -0.3 is 14.8 Å². The Morgan fingerprint density at radius 1 is 1.32 bits per heavy atom. The van der Waals surface area contributed by atoms with Gasteiger partial charge in [0.05, 0.1) is 7.11 Å². The first kappa shape index (κ1) is 16.9. The minimum Gasteiger partial charge on any atom is -0.493 e. The Hall–Kier alpha value is -1.47. The van der Waals surface area contributed by atoms with Crippen molar-refractivity contribution in [1.29, 1.82) is 0 Å². The van der Waals surface area contributed by atoms with E-state index in [0.29, 0.717) is 11.8 Å². The summed E-state index contributed by atoms with van der Waals surface area (Å²) in [7, 11) is 1.42. The van der Waals surface area contributed by atoms with Gasteiger partial charge in [-0.2, -0.15) is 13.2 Å². The lowest BCUT2D eigenvalue weighted by atomic mass is 10.1. The predicted octanol–water partition coefficient (Wildman–Crippen LogP) is 2.43. The second-order valence-corrected chi connectivity index (χ2v) is 5.48. The lowest BCUT2D eigenvalue weighted by Gasteiger charge is -2.31. The molecule has 0 spiro atoms. The van der Waals surface area contributed by atoms with Crippen LogP contribution in [0, 0.1) is 0 Å². The van der Waals surface area contributed by atoms with Crippen molar-refractivity contribution in [3.63, 3.8) is 0 Å². The zero-order valence-corrected chi connectivity index (χ0v) is 12.7. The Balaban J connectivity index is 2.01. The highest BCUT2D eigenvalue weighted by molar-refractivity contribution is 5.43. The molecule has 7 heteroatoms. The van der Waals surface area contributed by atoms with Crippen LogP contribution >= 0.6 is 0 Å². The van der Waals surface area contributed by atoms with E-state index in [1.165, 1.54) is 13.2 Å². The van der Waals surface area contributed by atoms with E-state index in [4.69, 9.17) is 9.47 Å². The molecule has 1 aromatic carbocycles. The van der Waals surface area contributed by atoms with Crippen molar-refractivity contribution in [2.24, 2.45) is 0 Å². The van der Waals surface area contributed by atoms with E-state index in [1.54, 1.807) is 12.1 Å². The summed E-state index contributed by atoms with van der Waals surface area (Å²) in [6, 6.07) is 5.48. The zero-order valence-electron chi connectivity index (χ0n) is 12.7. The monoisotopic (exact) mass is 318 g/mol. The largest absolute Gasteiger partial charge is 0.493 e. The molecule has 0 aliphatic carbocycles. The maximum atomic E-state index is 12.2. The molecule has 2 rings (SSSR count). The summed E-state index contributed by atoms with van der Waals surface area (Å²) in [5, 5.41) is 3.37. The van der Waals surface area contributed by atoms with Crippen molar-refractivity contribution in [1.82, 2.24) is 10.2 Å². The summed E-state index contributed by atoms with van der Waals surface area (Å²) in [5.74, 6) is 0.433. The molecule has 124 valence electrons. The molecule has 1 saturated heterocycles. The van der Waals surface area contributed by atoms with Gasteiger partial charge in [0.15, 0.2) is 18.1 Å². The Labute approximate surface area is 128 Å². The Kier molecular flexibility index (Phi) is 5.52. The third kappa shape index (κ3) is 5.06. The normalized spacial score (nSPS) is 20.0. The molecule has 1 atom stereocenters. The van der Waals surface area contributed by atoms with Crippen LogP contribution in [0.4, 0.5) is 13.2 Å². The molecule has 1 aromatic rings. The van der Waals surface area contributed by atoms with Crippen molar-refractivity contribution in [2.75, 3.05) is 33.4 Å². The number of rotatable bonds is 5. The fourth-order valence-corrected chi connectivity index (χ4v) is 2.50. The maximum absolute atomic E-state index is 12.2. The highest BCUT2D eigenvalue weighted by Crippen LogP contribution is 2.30. The lowest BCUT2D eigenvalue weighted by molar-refractivity contribution is -0.153. The van der Waals surface area contributed by atoms with Gasteiger partial charge in [-0.3, -0.25) is 4.90 Å². The zero-order chi connectivity index (χ0) is 16.2. The van der Waals surface area contributed by atoms with E-state index in [-0.39, 0.29) is 5.75 Å². The smallest absolute Gasteiger partial charge is 0.422 e. The van der Waals surface area contributed by atoms with Gasteiger partial charge in [0.2, 0.25) is 0 Å². The average Bonchev–Trinajstić information content (AvgIpc) is 2.45. The van der Waals surface area contributed by atoms with Gasteiger partial charge in [0.1, 0.15) is 0 Å². The molecule has 1 unspecified atom stereocenters. The van der Waals surface area contributed by atoms with Crippen LogP contribution in [0.25, 0.3) is 0 Å². The van der Waals surface area contributed by atoms with Crippen LogP contribution in [0.3, 0.4) is 0 Å². The summed E-state index contributed by atoms with van der Waals surface area (Å²) in [5.41, 5.74) is 0.991. The number of alkyl halides is 3. The fraction of sp³-hybridized carbons (Fsp3) is 0.600. The van der Waals surface area contributed by atoms with Crippen LogP contribution in [0.15, 0.2) is 18.2 Å². The minimum absolute atomic E-state index is 0.109.